The van der Waals surface area contributed by atoms with E-state index in [-0.39, 0.29) is 18.6 Å². The molecule has 1 amide bonds. The number of benzene rings is 1. The van der Waals surface area contributed by atoms with E-state index in [0.717, 1.165) is 37.1 Å². The van der Waals surface area contributed by atoms with Crippen molar-refractivity contribution in [1.29, 1.82) is 0 Å². The summed E-state index contributed by atoms with van der Waals surface area (Å²) in [4.78, 5) is 15.8. The fraction of sp³-hybridized carbons (Fsp3) is 0.389. The predicted octanol–water partition coefficient (Wildman–Crippen LogP) is 4.05. The molecule has 1 aliphatic rings. The third-order valence-electron chi connectivity index (χ3n) is 4.15. The van der Waals surface area contributed by atoms with E-state index in [9.17, 15) is 4.79 Å². The van der Waals surface area contributed by atoms with Crippen molar-refractivity contribution >= 4 is 17.2 Å². The van der Waals surface area contributed by atoms with E-state index in [1.54, 1.807) is 11.3 Å². The third kappa shape index (κ3) is 3.17. The predicted molar refractivity (Wildman–Crippen MR) is 89.3 cm³/mol. The first-order valence-corrected chi connectivity index (χ1v) is 8.71. The lowest BCUT2D eigenvalue weighted by molar-refractivity contribution is -0.134. The van der Waals surface area contributed by atoms with Gasteiger partial charge in [0.15, 0.2) is 6.61 Å². The lowest BCUT2D eigenvalue weighted by atomic mass is 10.1. The summed E-state index contributed by atoms with van der Waals surface area (Å²) in [6.45, 7) is 3.05. The zero-order chi connectivity index (χ0) is 15.4. The first-order chi connectivity index (χ1) is 10.8. The molecule has 1 fully saturated rings. The van der Waals surface area contributed by atoms with Gasteiger partial charge in [0.05, 0.1) is 6.04 Å². The molecule has 2 aromatic rings. The van der Waals surface area contributed by atoms with Crippen LogP contribution in [0.4, 0.5) is 0 Å². The van der Waals surface area contributed by atoms with Gasteiger partial charge in [-0.1, -0.05) is 31.2 Å². The number of para-hydroxylation sites is 1. The maximum absolute atomic E-state index is 12.5. The summed E-state index contributed by atoms with van der Waals surface area (Å²) in [7, 11) is 0. The van der Waals surface area contributed by atoms with E-state index in [2.05, 4.69) is 24.4 Å². The zero-order valence-electron chi connectivity index (χ0n) is 12.8. The van der Waals surface area contributed by atoms with Crippen LogP contribution in [0.15, 0.2) is 41.8 Å². The molecule has 1 aromatic heterocycles. The van der Waals surface area contributed by atoms with E-state index in [1.807, 2.05) is 29.2 Å². The standard InChI is InChI=1S/C18H21NO2S/c1-2-14-7-3-4-9-16(14)21-13-18(20)19-11-5-8-15(19)17-10-6-12-22-17/h3-4,6-7,9-10,12,15H,2,5,8,11,13H2,1H3. The summed E-state index contributed by atoms with van der Waals surface area (Å²) < 4.78 is 5.78. The number of nitrogens with zero attached hydrogens (tertiary/aromatic N) is 1. The molecule has 2 heterocycles. The van der Waals surface area contributed by atoms with Crippen LogP contribution in [0.3, 0.4) is 0 Å². The molecule has 1 saturated heterocycles. The van der Waals surface area contributed by atoms with Crippen LogP contribution in [-0.2, 0) is 11.2 Å². The highest BCUT2D eigenvalue weighted by atomic mass is 32.1. The first kappa shape index (κ1) is 15.1. The minimum Gasteiger partial charge on any atom is -0.483 e. The molecular formula is C18H21NO2S. The molecular weight excluding hydrogens is 294 g/mol. The normalized spacial score (nSPS) is 17.7. The number of carbonyl (C=O) groups excluding carboxylic acids is 1. The Bertz CT molecular complexity index is 624. The van der Waals surface area contributed by atoms with Crippen LogP contribution in [0.5, 0.6) is 5.75 Å². The van der Waals surface area contributed by atoms with E-state index in [0.29, 0.717) is 0 Å². The molecule has 0 spiro atoms. The summed E-state index contributed by atoms with van der Waals surface area (Å²) in [6, 6.07) is 12.3. The van der Waals surface area contributed by atoms with Crippen molar-refractivity contribution in [2.75, 3.05) is 13.2 Å². The van der Waals surface area contributed by atoms with Crippen LogP contribution in [0, 0.1) is 0 Å². The lowest BCUT2D eigenvalue weighted by Gasteiger charge is -2.24. The maximum Gasteiger partial charge on any atom is 0.261 e. The Labute approximate surface area is 135 Å². The van der Waals surface area contributed by atoms with Crippen molar-refractivity contribution in [2.24, 2.45) is 0 Å². The number of thiophene rings is 1. The molecule has 22 heavy (non-hydrogen) atoms. The Morgan fingerprint density at radius 1 is 1.32 bits per heavy atom. The second-order valence-corrected chi connectivity index (χ2v) is 6.49. The summed E-state index contributed by atoms with van der Waals surface area (Å²) >= 11 is 1.73. The smallest absolute Gasteiger partial charge is 0.261 e. The van der Waals surface area contributed by atoms with E-state index < -0.39 is 0 Å². The maximum atomic E-state index is 12.5. The van der Waals surface area contributed by atoms with Crippen molar-refractivity contribution in [3.8, 4) is 5.75 Å². The van der Waals surface area contributed by atoms with E-state index in [4.69, 9.17) is 4.74 Å². The van der Waals surface area contributed by atoms with Crippen molar-refractivity contribution < 1.29 is 9.53 Å². The van der Waals surface area contributed by atoms with Crippen molar-refractivity contribution in [1.82, 2.24) is 4.90 Å². The SMILES string of the molecule is CCc1ccccc1OCC(=O)N1CCCC1c1cccs1. The van der Waals surface area contributed by atoms with Gasteiger partial charge in [-0.15, -0.1) is 11.3 Å². The number of carbonyl (C=O) groups is 1. The molecule has 3 nitrogen and oxygen atoms in total. The highest BCUT2D eigenvalue weighted by Crippen LogP contribution is 2.34. The molecule has 116 valence electrons. The van der Waals surface area contributed by atoms with Gasteiger partial charge in [0.1, 0.15) is 5.75 Å². The van der Waals surface area contributed by atoms with E-state index >= 15 is 0 Å². The molecule has 0 bridgehead atoms. The monoisotopic (exact) mass is 315 g/mol. The fourth-order valence-electron chi connectivity index (χ4n) is 3.00. The Balaban J connectivity index is 1.64. The molecule has 1 unspecified atom stereocenters. The Morgan fingerprint density at radius 2 is 2.18 bits per heavy atom. The molecule has 1 aliphatic heterocycles. The summed E-state index contributed by atoms with van der Waals surface area (Å²) in [5.74, 6) is 0.909. The van der Waals surface area contributed by atoms with Gasteiger partial charge < -0.3 is 9.64 Å². The molecule has 0 N–H and O–H groups in total. The number of likely N-dealkylation sites (tertiary alicyclic amines) is 1. The molecule has 0 radical (unpaired) electrons. The van der Waals surface area contributed by atoms with Crippen LogP contribution in [0.1, 0.15) is 36.2 Å². The van der Waals surface area contributed by atoms with Gasteiger partial charge in [-0.05, 0) is 42.3 Å². The van der Waals surface area contributed by atoms with Gasteiger partial charge in [-0.2, -0.15) is 0 Å². The highest BCUT2D eigenvalue weighted by Gasteiger charge is 2.30. The summed E-state index contributed by atoms with van der Waals surface area (Å²) in [5, 5.41) is 2.07. The van der Waals surface area contributed by atoms with Gasteiger partial charge in [0.2, 0.25) is 0 Å². The van der Waals surface area contributed by atoms with Crippen molar-refractivity contribution in [3.05, 3.63) is 52.2 Å². The van der Waals surface area contributed by atoms with Gasteiger partial charge in [-0.25, -0.2) is 0 Å². The molecule has 0 saturated carbocycles. The van der Waals surface area contributed by atoms with Crippen LogP contribution in [0.2, 0.25) is 0 Å². The van der Waals surface area contributed by atoms with Gasteiger partial charge in [0.25, 0.3) is 5.91 Å². The second-order valence-electron chi connectivity index (χ2n) is 5.51. The molecule has 1 atom stereocenters. The molecule has 4 heteroatoms. The fourth-order valence-corrected chi connectivity index (χ4v) is 3.87. The number of rotatable bonds is 5. The number of hydrogen-bond acceptors (Lipinski definition) is 3. The Hall–Kier alpha value is -1.81. The number of aryl methyl sites for hydroxylation is 1. The van der Waals surface area contributed by atoms with Crippen LogP contribution >= 0.6 is 11.3 Å². The van der Waals surface area contributed by atoms with Crippen LogP contribution in [-0.4, -0.2) is 24.0 Å². The van der Waals surface area contributed by atoms with Crippen molar-refractivity contribution in [2.45, 2.75) is 32.2 Å². The molecule has 0 aliphatic carbocycles. The van der Waals surface area contributed by atoms with Crippen LogP contribution < -0.4 is 4.74 Å². The topological polar surface area (TPSA) is 29.5 Å². The largest absolute Gasteiger partial charge is 0.483 e. The zero-order valence-corrected chi connectivity index (χ0v) is 13.6. The van der Waals surface area contributed by atoms with Gasteiger partial charge in [-0.3, -0.25) is 4.79 Å². The van der Waals surface area contributed by atoms with Crippen molar-refractivity contribution in [3.63, 3.8) is 0 Å². The summed E-state index contributed by atoms with van der Waals surface area (Å²) in [5.41, 5.74) is 1.14. The number of ether oxygens (including phenoxy) is 1. The third-order valence-corrected chi connectivity index (χ3v) is 5.12. The van der Waals surface area contributed by atoms with E-state index in [1.165, 1.54) is 4.88 Å². The highest BCUT2D eigenvalue weighted by molar-refractivity contribution is 7.10. The first-order valence-electron chi connectivity index (χ1n) is 7.83. The summed E-state index contributed by atoms with van der Waals surface area (Å²) in [6.07, 6.45) is 3.03. The average molecular weight is 315 g/mol. The Kier molecular flexibility index (Phi) is 4.78. The number of hydrogen-bond donors (Lipinski definition) is 0. The minimum absolute atomic E-state index is 0.0850. The minimum atomic E-state index is 0.0850. The number of amides is 1. The average Bonchev–Trinajstić information content (AvgIpc) is 3.23. The quantitative estimate of drug-likeness (QED) is 0.833. The van der Waals surface area contributed by atoms with Gasteiger partial charge in [0, 0.05) is 11.4 Å². The molecule has 3 rings (SSSR count). The Morgan fingerprint density at radius 3 is 2.95 bits per heavy atom. The second kappa shape index (κ2) is 6.97. The lowest BCUT2D eigenvalue weighted by Crippen LogP contribution is -2.34. The molecule has 1 aromatic carbocycles. The van der Waals surface area contributed by atoms with Crippen LogP contribution in [0.25, 0.3) is 0 Å². The van der Waals surface area contributed by atoms with Gasteiger partial charge >= 0.3 is 0 Å².